The summed E-state index contributed by atoms with van der Waals surface area (Å²) >= 11 is 9.00. The van der Waals surface area contributed by atoms with Crippen LogP contribution in [0.5, 0.6) is 0 Å². The van der Waals surface area contributed by atoms with Gasteiger partial charge in [0.05, 0.1) is 13.7 Å². The van der Waals surface area contributed by atoms with E-state index in [4.69, 9.17) is 12.2 Å². The van der Waals surface area contributed by atoms with E-state index in [0.29, 0.717) is 4.58 Å². The molecule has 0 fully saturated rings. The third-order valence-corrected chi connectivity index (χ3v) is 7.61. The van der Waals surface area contributed by atoms with Crippen LogP contribution in [0.3, 0.4) is 0 Å². The van der Waals surface area contributed by atoms with Gasteiger partial charge in [0.1, 0.15) is 3.82 Å². The van der Waals surface area contributed by atoms with Crippen LogP contribution < -0.4 is 0 Å². The second kappa shape index (κ2) is 2.79. The largest absolute Gasteiger partial charge is 0.116 e. The van der Waals surface area contributed by atoms with Crippen molar-refractivity contribution in [3.05, 3.63) is 3.82 Å². The lowest BCUT2D eigenvalue weighted by Gasteiger charge is -1.93. The van der Waals surface area contributed by atoms with Crippen LogP contribution in [-0.4, -0.2) is 4.58 Å². The van der Waals surface area contributed by atoms with Crippen LogP contribution in [0.1, 0.15) is 6.92 Å². The van der Waals surface area contributed by atoms with Gasteiger partial charge in [-0.2, -0.15) is 0 Å². The Morgan fingerprint density at radius 2 is 2.10 bits per heavy atom. The lowest BCUT2D eigenvalue weighted by molar-refractivity contribution is 1.41. The Morgan fingerprint density at radius 1 is 1.30 bits per heavy atom. The Bertz CT molecular complexity index is 295. The van der Waals surface area contributed by atoms with Crippen molar-refractivity contribution in [2.75, 3.05) is 0 Å². The third-order valence-electron chi connectivity index (χ3n) is 1.12. The monoisotopic (exact) mass is 224 g/mol. The minimum atomic E-state index is 0.677. The van der Waals surface area contributed by atoms with Gasteiger partial charge in [0, 0.05) is 0 Å². The summed E-state index contributed by atoms with van der Waals surface area (Å²) in [5, 5.41) is 0. The second-order valence-corrected chi connectivity index (χ2v) is 7.95. The highest BCUT2D eigenvalue weighted by molar-refractivity contribution is 8.21. The first kappa shape index (κ1) is 7.61. The molecule has 1 atom stereocenters. The molecule has 0 nitrogen and oxygen atoms in total. The van der Waals surface area contributed by atoms with E-state index in [-0.39, 0.29) is 0 Å². The van der Waals surface area contributed by atoms with Gasteiger partial charge in [0.15, 0.2) is 0 Å². The van der Waals surface area contributed by atoms with Gasteiger partial charge >= 0.3 is 0 Å². The molecule has 5 heteroatoms. The van der Waals surface area contributed by atoms with Crippen molar-refractivity contribution in [1.82, 2.24) is 0 Å². The Hall–Kier alpha value is 0.970. The highest BCUT2D eigenvalue weighted by atomic mass is 32.9. The van der Waals surface area contributed by atoms with Crippen LogP contribution in [0.25, 0.3) is 0 Å². The molecular formula is C5H4S5. The molecule has 0 radical (unpaired) electrons. The van der Waals surface area contributed by atoms with Gasteiger partial charge in [-0.15, -0.1) is 11.8 Å². The summed E-state index contributed by atoms with van der Waals surface area (Å²) in [5.74, 6) is 0. The Labute approximate surface area is 80.4 Å². The molecule has 0 N–H and O–H groups in total. The topological polar surface area (TPSA) is 0 Å². The molecule has 0 aliphatic carbocycles. The zero-order valence-electron chi connectivity index (χ0n) is 5.12. The minimum absolute atomic E-state index is 0.677. The Kier molecular flexibility index (Phi) is 2.12. The Balaban J connectivity index is 2.53. The maximum absolute atomic E-state index is 5.16. The van der Waals surface area contributed by atoms with Crippen LogP contribution in [0.4, 0.5) is 0 Å². The SMILES string of the molecule is C[C@@H]1Sc2ssc(=S)c2S1. The zero-order chi connectivity index (χ0) is 7.14. The average Bonchev–Trinajstić information content (AvgIpc) is 2.35. The van der Waals surface area contributed by atoms with Crippen LogP contribution in [0.15, 0.2) is 9.10 Å². The van der Waals surface area contributed by atoms with Crippen molar-refractivity contribution in [2.24, 2.45) is 0 Å². The highest BCUT2D eigenvalue weighted by Gasteiger charge is 2.22. The number of hydrogen-bond donors (Lipinski definition) is 0. The standard InChI is InChI=1S/C5H4S5/c1-2-7-3-4(6)9-10-5(3)8-2/h2H,1H3/t2-/m0/s1. The average molecular weight is 224 g/mol. The number of rotatable bonds is 0. The molecule has 54 valence electrons. The van der Waals surface area contributed by atoms with Crippen LogP contribution in [0.2, 0.25) is 0 Å². The normalized spacial score (nSPS) is 23.1. The van der Waals surface area contributed by atoms with E-state index in [1.165, 1.54) is 9.10 Å². The summed E-state index contributed by atoms with van der Waals surface area (Å²) in [6.07, 6.45) is 0. The first-order valence-electron chi connectivity index (χ1n) is 2.74. The van der Waals surface area contributed by atoms with Gasteiger partial charge < -0.3 is 0 Å². The van der Waals surface area contributed by atoms with Crippen molar-refractivity contribution in [3.63, 3.8) is 0 Å². The molecule has 1 aromatic rings. The second-order valence-electron chi connectivity index (χ2n) is 1.87. The third kappa shape index (κ3) is 1.18. The van der Waals surface area contributed by atoms with Crippen LogP contribution >= 0.6 is 56.4 Å². The zero-order valence-corrected chi connectivity index (χ0v) is 9.20. The van der Waals surface area contributed by atoms with Crippen molar-refractivity contribution >= 4 is 56.4 Å². The smallest absolute Gasteiger partial charge is 0.107 e. The predicted octanol–water partition coefficient (Wildman–Crippen LogP) is 4.08. The molecule has 0 saturated carbocycles. The van der Waals surface area contributed by atoms with Gasteiger partial charge in [0.2, 0.25) is 0 Å². The van der Waals surface area contributed by atoms with Crippen LogP contribution in [0, 0.1) is 3.82 Å². The van der Waals surface area contributed by atoms with Gasteiger partial charge in [-0.1, -0.05) is 44.7 Å². The molecular weight excluding hydrogens is 220 g/mol. The number of fused-ring (bicyclic) bond motifs is 1. The van der Waals surface area contributed by atoms with Gasteiger partial charge in [0.25, 0.3) is 0 Å². The molecule has 0 spiro atoms. The van der Waals surface area contributed by atoms with Gasteiger partial charge in [-0.25, -0.2) is 0 Å². The molecule has 0 saturated heterocycles. The lowest BCUT2D eigenvalue weighted by atomic mass is 10.8. The maximum Gasteiger partial charge on any atom is 0.116 e. The molecule has 2 rings (SSSR count). The summed E-state index contributed by atoms with van der Waals surface area (Å²) < 4.78 is 3.20. The fourth-order valence-electron chi connectivity index (χ4n) is 0.745. The van der Waals surface area contributed by atoms with E-state index in [0.717, 1.165) is 3.82 Å². The summed E-state index contributed by atoms with van der Waals surface area (Å²) in [7, 11) is 3.55. The van der Waals surface area contributed by atoms with Gasteiger partial charge in [-0.3, -0.25) is 0 Å². The summed E-state index contributed by atoms with van der Waals surface area (Å²) in [5.41, 5.74) is 0. The molecule has 1 aliphatic rings. The quantitative estimate of drug-likeness (QED) is 0.481. The molecule has 0 amide bonds. The summed E-state index contributed by atoms with van der Waals surface area (Å²) in [6, 6.07) is 0. The van der Waals surface area contributed by atoms with Crippen molar-refractivity contribution < 1.29 is 0 Å². The first-order valence-corrected chi connectivity index (χ1v) is 7.05. The molecule has 1 aromatic heterocycles. The number of hydrogen-bond acceptors (Lipinski definition) is 5. The van der Waals surface area contributed by atoms with Crippen molar-refractivity contribution in [2.45, 2.75) is 20.6 Å². The van der Waals surface area contributed by atoms with Crippen molar-refractivity contribution in [3.8, 4) is 0 Å². The highest BCUT2D eigenvalue weighted by Crippen LogP contribution is 2.52. The maximum atomic E-state index is 5.16. The molecule has 1 aliphatic heterocycles. The molecule has 0 aromatic carbocycles. The lowest BCUT2D eigenvalue weighted by Crippen LogP contribution is -1.75. The minimum Gasteiger partial charge on any atom is -0.107 e. The molecule has 0 bridgehead atoms. The van der Waals surface area contributed by atoms with Gasteiger partial charge in [-0.05, 0) is 6.92 Å². The van der Waals surface area contributed by atoms with E-state index < -0.39 is 0 Å². The van der Waals surface area contributed by atoms with E-state index in [1.807, 2.05) is 33.9 Å². The fourth-order valence-corrected chi connectivity index (χ4v) is 7.40. The molecule has 2 heterocycles. The van der Waals surface area contributed by atoms with Crippen molar-refractivity contribution in [1.29, 1.82) is 0 Å². The fraction of sp³-hybridized carbons (Fsp3) is 0.400. The van der Waals surface area contributed by atoms with Crippen LogP contribution in [-0.2, 0) is 0 Å². The van der Waals surface area contributed by atoms with E-state index in [1.54, 1.807) is 10.3 Å². The van der Waals surface area contributed by atoms with E-state index >= 15 is 0 Å². The summed E-state index contributed by atoms with van der Waals surface area (Å²) in [6.45, 7) is 2.22. The summed E-state index contributed by atoms with van der Waals surface area (Å²) in [4.78, 5) is 1.36. The van der Waals surface area contributed by atoms with E-state index in [9.17, 15) is 0 Å². The predicted molar refractivity (Wildman–Crippen MR) is 54.2 cm³/mol. The molecule has 10 heavy (non-hydrogen) atoms. The van der Waals surface area contributed by atoms with E-state index in [2.05, 4.69) is 6.92 Å². The molecule has 0 unspecified atom stereocenters. The number of thioether (sulfide) groups is 2. The first-order chi connectivity index (χ1) is 4.77. The Morgan fingerprint density at radius 3 is 2.80 bits per heavy atom.